The van der Waals surface area contributed by atoms with E-state index in [1.165, 1.54) is 32.5 Å². The lowest BCUT2D eigenvalue weighted by Gasteiger charge is -2.38. The van der Waals surface area contributed by atoms with Gasteiger partial charge in [0.25, 0.3) is 0 Å². The van der Waals surface area contributed by atoms with Crippen LogP contribution in [-0.2, 0) is 4.74 Å². The molecular weight excluding hydrogens is 188 g/mol. The predicted molar refractivity (Wildman–Crippen MR) is 64.2 cm³/mol. The molecule has 1 aliphatic heterocycles. The summed E-state index contributed by atoms with van der Waals surface area (Å²) in [5.74, 6) is 0.825. The molecule has 90 valence electrons. The van der Waals surface area contributed by atoms with Crippen molar-refractivity contribution in [3.63, 3.8) is 0 Å². The SMILES string of the molecule is CCC1CN(CCCOC)CCC1NC. The van der Waals surface area contributed by atoms with Crippen LogP contribution in [0.5, 0.6) is 0 Å². The molecule has 2 atom stereocenters. The second-order valence-corrected chi connectivity index (χ2v) is 4.50. The van der Waals surface area contributed by atoms with Crippen molar-refractivity contribution in [2.24, 2.45) is 5.92 Å². The number of likely N-dealkylation sites (tertiary alicyclic amines) is 1. The van der Waals surface area contributed by atoms with Gasteiger partial charge in [-0.1, -0.05) is 13.3 Å². The maximum atomic E-state index is 5.09. The van der Waals surface area contributed by atoms with Gasteiger partial charge >= 0.3 is 0 Å². The third-order valence-electron chi connectivity index (χ3n) is 3.54. The molecule has 1 fully saturated rings. The molecule has 0 radical (unpaired) electrons. The van der Waals surface area contributed by atoms with Gasteiger partial charge in [-0.3, -0.25) is 0 Å². The molecule has 0 aliphatic carbocycles. The number of rotatable bonds is 6. The Kier molecular flexibility index (Phi) is 6.22. The van der Waals surface area contributed by atoms with Crippen molar-refractivity contribution in [3.05, 3.63) is 0 Å². The van der Waals surface area contributed by atoms with E-state index >= 15 is 0 Å². The minimum atomic E-state index is 0.730. The lowest BCUT2D eigenvalue weighted by atomic mass is 9.90. The second-order valence-electron chi connectivity index (χ2n) is 4.50. The molecule has 1 rings (SSSR count). The summed E-state index contributed by atoms with van der Waals surface area (Å²) >= 11 is 0. The summed E-state index contributed by atoms with van der Waals surface area (Å²) in [4.78, 5) is 2.58. The average Bonchev–Trinajstić information content (AvgIpc) is 2.29. The number of ether oxygens (including phenoxy) is 1. The van der Waals surface area contributed by atoms with Crippen molar-refractivity contribution >= 4 is 0 Å². The quantitative estimate of drug-likeness (QED) is 0.675. The molecule has 3 nitrogen and oxygen atoms in total. The topological polar surface area (TPSA) is 24.5 Å². The number of hydrogen-bond acceptors (Lipinski definition) is 3. The van der Waals surface area contributed by atoms with Gasteiger partial charge in [0, 0.05) is 32.8 Å². The lowest BCUT2D eigenvalue weighted by Crippen LogP contribution is -2.48. The smallest absolute Gasteiger partial charge is 0.0474 e. The van der Waals surface area contributed by atoms with Gasteiger partial charge in [-0.05, 0) is 32.4 Å². The molecule has 1 N–H and O–H groups in total. The van der Waals surface area contributed by atoms with Crippen molar-refractivity contribution < 1.29 is 4.74 Å². The highest BCUT2D eigenvalue weighted by molar-refractivity contribution is 4.83. The summed E-state index contributed by atoms with van der Waals surface area (Å²) in [5, 5.41) is 3.44. The molecule has 3 heteroatoms. The van der Waals surface area contributed by atoms with E-state index in [2.05, 4.69) is 24.2 Å². The molecule has 0 spiro atoms. The average molecular weight is 214 g/mol. The maximum Gasteiger partial charge on any atom is 0.0474 e. The van der Waals surface area contributed by atoms with E-state index < -0.39 is 0 Å². The molecule has 0 aromatic rings. The minimum absolute atomic E-state index is 0.730. The third-order valence-corrected chi connectivity index (χ3v) is 3.54. The number of nitrogens with zero attached hydrogens (tertiary/aromatic N) is 1. The van der Waals surface area contributed by atoms with Gasteiger partial charge in [-0.2, -0.15) is 0 Å². The van der Waals surface area contributed by atoms with Crippen LogP contribution < -0.4 is 5.32 Å². The number of methoxy groups -OCH3 is 1. The summed E-state index contributed by atoms with van der Waals surface area (Å²) in [6, 6.07) is 0.730. The Labute approximate surface area is 94.2 Å². The van der Waals surface area contributed by atoms with Crippen molar-refractivity contribution in [1.82, 2.24) is 10.2 Å². The van der Waals surface area contributed by atoms with Gasteiger partial charge in [0.15, 0.2) is 0 Å². The maximum absolute atomic E-state index is 5.09. The molecular formula is C12H26N2O. The lowest BCUT2D eigenvalue weighted by molar-refractivity contribution is 0.120. The van der Waals surface area contributed by atoms with E-state index in [1.54, 1.807) is 7.11 Å². The van der Waals surface area contributed by atoms with Crippen LogP contribution in [0.2, 0.25) is 0 Å². The summed E-state index contributed by atoms with van der Waals surface area (Å²) in [6.45, 7) is 6.88. The standard InChI is InChI=1S/C12H26N2O/c1-4-11-10-14(7-5-9-15-3)8-6-12(11)13-2/h11-13H,4-10H2,1-3H3. The Morgan fingerprint density at radius 1 is 1.47 bits per heavy atom. The molecule has 0 aromatic carbocycles. The van der Waals surface area contributed by atoms with Crippen molar-refractivity contribution in [2.45, 2.75) is 32.2 Å². The van der Waals surface area contributed by atoms with E-state index in [-0.39, 0.29) is 0 Å². The van der Waals surface area contributed by atoms with Crippen molar-refractivity contribution in [2.75, 3.05) is 40.4 Å². The molecule has 0 aromatic heterocycles. The Morgan fingerprint density at radius 3 is 2.87 bits per heavy atom. The Balaban J connectivity index is 2.26. The Hall–Kier alpha value is -0.120. The first kappa shape index (κ1) is 12.9. The highest BCUT2D eigenvalue weighted by atomic mass is 16.5. The fraction of sp³-hybridized carbons (Fsp3) is 1.00. The van der Waals surface area contributed by atoms with Crippen molar-refractivity contribution in [3.8, 4) is 0 Å². The van der Waals surface area contributed by atoms with Gasteiger partial charge in [-0.15, -0.1) is 0 Å². The monoisotopic (exact) mass is 214 g/mol. The summed E-state index contributed by atoms with van der Waals surface area (Å²) in [6.07, 6.45) is 3.74. The van der Waals surface area contributed by atoms with Gasteiger partial charge in [0.1, 0.15) is 0 Å². The molecule has 2 unspecified atom stereocenters. The zero-order valence-electron chi connectivity index (χ0n) is 10.5. The highest BCUT2D eigenvalue weighted by Gasteiger charge is 2.26. The largest absolute Gasteiger partial charge is 0.385 e. The normalized spacial score (nSPS) is 28.2. The van der Waals surface area contributed by atoms with Crippen LogP contribution in [0.4, 0.5) is 0 Å². The highest BCUT2D eigenvalue weighted by Crippen LogP contribution is 2.19. The van der Waals surface area contributed by atoms with Crippen molar-refractivity contribution in [1.29, 1.82) is 0 Å². The van der Waals surface area contributed by atoms with E-state index in [4.69, 9.17) is 4.74 Å². The molecule has 1 heterocycles. The molecule has 1 saturated heterocycles. The van der Waals surface area contributed by atoms with Crippen LogP contribution in [0.3, 0.4) is 0 Å². The molecule has 0 saturated carbocycles. The summed E-state index contributed by atoms with van der Waals surface area (Å²) in [5.41, 5.74) is 0. The van der Waals surface area contributed by atoms with Crippen LogP contribution in [-0.4, -0.2) is 51.3 Å². The van der Waals surface area contributed by atoms with Gasteiger partial charge in [0.2, 0.25) is 0 Å². The van der Waals surface area contributed by atoms with Gasteiger partial charge < -0.3 is 15.0 Å². The fourth-order valence-electron chi connectivity index (χ4n) is 2.54. The van der Waals surface area contributed by atoms with E-state index in [0.29, 0.717) is 0 Å². The fourth-order valence-corrected chi connectivity index (χ4v) is 2.54. The van der Waals surface area contributed by atoms with E-state index in [1.807, 2.05) is 0 Å². The zero-order valence-corrected chi connectivity index (χ0v) is 10.5. The zero-order chi connectivity index (χ0) is 11.1. The Bertz CT molecular complexity index is 162. The van der Waals surface area contributed by atoms with Gasteiger partial charge in [-0.25, -0.2) is 0 Å². The van der Waals surface area contributed by atoms with Crippen LogP contribution in [0.15, 0.2) is 0 Å². The summed E-state index contributed by atoms with van der Waals surface area (Å²) < 4.78 is 5.09. The molecule has 1 aliphatic rings. The van der Waals surface area contributed by atoms with Crippen LogP contribution >= 0.6 is 0 Å². The predicted octanol–water partition coefficient (Wildman–Crippen LogP) is 1.34. The summed E-state index contributed by atoms with van der Waals surface area (Å²) in [7, 11) is 3.87. The first-order valence-corrected chi connectivity index (χ1v) is 6.20. The minimum Gasteiger partial charge on any atom is -0.385 e. The van der Waals surface area contributed by atoms with E-state index in [0.717, 1.165) is 25.0 Å². The first-order chi connectivity index (χ1) is 7.31. The van der Waals surface area contributed by atoms with Gasteiger partial charge in [0.05, 0.1) is 0 Å². The number of hydrogen-bond donors (Lipinski definition) is 1. The second kappa shape index (κ2) is 7.20. The van der Waals surface area contributed by atoms with Crippen LogP contribution in [0, 0.1) is 5.92 Å². The first-order valence-electron chi connectivity index (χ1n) is 6.20. The number of nitrogens with one attached hydrogen (secondary N) is 1. The van der Waals surface area contributed by atoms with E-state index in [9.17, 15) is 0 Å². The molecule has 15 heavy (non-hydrogen) atoms. The number of piperidine rings is 1. The molecule has 0 amide bonds. The van der Waals surface area contributed by atoms with Crippen LogP contribution in [0.1, 0.15) is 26.2 Å². The molecule has 0 bridgehead atoms. The third kappa shape index (κ3) is 4.09. The van der Waals surface area contributed by atoms with Crippen LogP contribution in [0.25, 0.3) is 0 Å². The Morgan fingerprint density at radius 2 is 2.27 bits per heavy atom.